The number of para-hydroxylation sites is 5. The van der Waals surface area contributed by atoms with Crippen LogP contribution in [0.2, 0.25) is 0 Å². The molecule has 0 N–H and O–H groups in total. The van der Waals surface area contributed by atoms with Gasteiger partial charge in [0.1, 0.15) is 11.7 Å². The molecule has 18 rings (SSSR count). The number of nitriles is 1. The summed E-state index contributed by atoms with van der Waals surface area (Å²) in [7, 11) is 0. The Morgan fingerprint density at radius 1 is 0.398 bits per heavy atom. The Hall–Kier alpha value is -11.2. The molecule has 0 saturated heterocycles. The number of hydrogen-bond donors (Lipinski definition) is 0. The van der Waals surface area contributed by atoms with Crippen LogP contribution < -0.4 is 0 Å². The first-order valence-corrected chi connectivity index (χ1v) is 28.7. The maximum absolute atomic E-state index is 12.9. The van der Waals surface area contributed by atoms with Gasteiger partial charge >= 0.3 is 0 Å². The van der Waals surface area contributed by atoms with Gasteiger partial charge in [-0.05, 0) is 84.8 Å². The van der Waals surface area contributed by atoms with Crippen molar-refractivity contribution in [3.8, 4) is 39.9 Å². The van der Waals surface area contributed by atoms with Gasteiger partial charge in [-0.2, -0.15) is 5.26 Å². The van der Waals surface area contributed by atoms with Crippen LogP contribution in [0.4, 0.5) is 5.69 Å². The molecule has 384 valence electrons. The smallest absolute Gasteiger partial charge is 0.237 e. The summed E-state index contributed by atoms with van der Waals surface area (Å²) in [5.74, 6) is 0. The predicted octanol–water partition coefficient (Wildman–Crippen LogP) is 20.7. The lowest BCUT2D eigenvalue weighted by molar-refractivity contribution is 0.671. The molecule has 0 unspecified atom stereocenters. The fourth-order valence-corrected chi connectivity index (χ4v) is 15.3. The second kappa shape index (κ2) is 16.9. The monoisotopic (exact) mass is 1070 g/mol. The van der Waals surface area contributed by atoms with Crippen molar-refractivity contribution in [1.82, 2.24) is 18.3 Å². The molecule has 0 bridgehead atoms. The van der Waals surface area contributed by atoms with Crippen LogP contribution in [0.25, 0.3) is 168 Å². The topological polar surface area (TPSA) is 61.0 Å². The minimum Gasteiger partial charge on any atom is -0.454 e. The Kier molecular flexibility index (Phi) is 9.32. The van der Waals surface area contributed by atoms with Crippen molar-refractivity contribution >= 4 is 146 Å². The van der Waals surface area contributed by atoms with Crippen molar-refractivity contribution in [1.29, 1.82) is 5.26 Å². The first kappa shape index (κ1) is 45.7. The van der Waals surface area contributed by atoms with Crippen LogP contribution in [-0.4, -0.2) is 18.3 Å². The van der Waals surface area contributed by atoms with E-state index in [-0.39, 0.29) is 0 Å². The van der Waals surface area contributed by atoms with E-state index in [9.17, 15) is 11.8 Å². The average Bonchev–Trinajstić information content (AvgIpc) is 2.52. The van der Waals surface area contributed by atoms with Crippen LogP contribution in [0.3, 0.4) is 0 Å². The van der Waals surface area contributed by atoms with Gasteiger partial charge in [0.15, 0.2) is 5.58 Å². The summed E-state index contributed by atoms with van der Waals surface area (Å²) in [4.78, 5) is 4.90. The summed E-state index contributed by atoms with van der Waals surface area (Å²) < 4.78 is 18.7. The second-order valence-corrected chi connectivity index (χ2v) is 22.8. The van der Waals surface area contributed by atoms with Gasteiger partial charge in [0.05, 0.1) is 83.7 Å². The van der Waals surface area contributed by atoms with Crippen molar-refractivity contribution in [2.45, 2.75) is 6.92 Å². The number of benzene rings is 12. The highest BCUT2D eigenvalue weighted by Gasteiger charge is 2.36. The summed E-state index contributed by atoms with van der Waals surface area (Å²) >= 11 is 1.79. The lowest BCUT2D eigenvalue weighted by Gasteiger charge is -2.27. The van der Waals surface area contributed by atoms with E-state index in [1.807, 2.05) is 24.3 Å². The molecule has 6 aromatic heterocycles. The molecule has 6 heterocycles. The molecule has 0 fully saturated rings. The Morgan fingerprint density at radius 2 is 0.904 bits per heavy atom. The maximum Gasteiger partial charge on any atom is 0.237 e. The standard InChI is InChI=1S/C75H42N6OS/c1-43-32-38-63-56(40-43)53-35-37-55-51-25-11-17-31-66(51)83-75(55)71(53)81(63)73-69(78-59-26-12-6-20-46(59)47-21-7-13-27-60(47)78)58(42-76)68(67(77-2)72(73)79-61-28-14-8-22-48(61)49-23-9-15-29-62(49)79)80-64-39-33-45(44-18-4-3-5-19-44)41-57(64)52-34-36-54-50-24-10-16-30-65(50)82-74(54)70(52)80/h3-41H,1H3. The zero-order valence-corrected chi connectivity index (χ0v) is 45.3. The molecule has 0 spiro atoms. The quantitative estimate of drug-likeness (QED) is 0.161. The second-order valence-electron chi connectivity index (χ2n) is 21.7. The Labute approximate surface area is 477 Å². The average molecular weight is 1080 g/mol. The van der Waals surface area contributed by atoms with E-state index in [4.69, 9.17) is 9.26 Å². The number of fused-ring (bicyclic) bond motifs is 20. The molecule has 83 heavy (non-hydrogen) atoms. The highest BCUT2D eigenvalue weighted by Crippen LogP contribution is 2.54. The van der Waals surface area contributed by atoms with E-state index in [1.165, 1.54) is 10.1 Å². The van der Waals surface area contributed by atoms with Crippen molar-refractivity contribution in [2.24, 2.45) is 0 Å². The third-order valence-electron chi connectivity index (χ3n) is 17.5. The van der Waals surface area contributed by atoms with E-state index in [2.05, 4.69) is 244 Å². The minimum atomic E-state index is 0.317. The number of hydrogen-bond acceptors (Lipinski definition) is 3. The fraction of sp³-hybridized carbons (Fsp3) is 0.0133. The number of nitrogens with zero attached hydrogens (tertiary/aromatic N) is 6. The lowest BCUT2D eigenvalue weighted by Crippen LogP contribution is -2.14. The van der Waals surface area contributed by atoms with Crippen LogP contribution in [0.15, 0.2) is 241 Å². The molecular formula is C75H42N6OS. The largest absolute Gasteiger partial charge is 0.454 e. The van der Waals surface area contributed by atoms with Gasteiger partial charge in [0, 0.05) is 69.3 Å². The van der Waals surface area contributed by atoms with Gasteiger partial charge in [0.25, 0.3) is 0 Å². The van der Waals surface area contributed by atoms with E-state index < -0.39 is 0 Å². The Morgan fingerprint density at radius 3 is 1.55 bits per heavy atom. The van der Waals surface area contributed by atoms with Crippen LogP contribution in [0.1, 0.15) is 11.1 Å². The summed E-state index contributed by atoms with van der Waals surface area (Å²) in [6, 6.07) is 86.7. The van der Waals surface area contributed by atoms with E-state index >= 15 is 0 Å². The van der Waals surface area contributed by atoms with Crippen molar-refractivity contribution in [2.75, 3.05) is 0 Å². The Balaban J connectivity index is 1.16. The van der Waals surface area contributed by atoms with Gasteiger partial charge in [0.2, 0.25) is 5.69 Å². The number of aromatic nitrogens is 4. The maximum atomic E-state index is 12.9. The molecule has 12 aromatic carbocycles. The van der Waals surface area contributed by atoms with Crippen LogP contribution in [-0.2, 0) is 0 Å². The fourth-order valence-electron chi connectivity index (χ4n) is 14.0. The highest BCUT2D eigenvalue weighted by molar-refractivity contribution is 7.26. The normalized spacial score (nSPS) is 12.1. The van der Waals surface area contributed by atoms with Crippen LogP contribution >= 0.6 is 11.3 Å². The van der Waals surface area contributed by atoms with Gasteiger partial charge in [-0.1, -0.05) is 175 Å². The van der Waals surface area contributed by atoms with Crippen molar-refractivity contribution in [3.63, 3.8) is 0 Å². The SMILES string of the molecule is [C-]#[N+]c1c(-n2c3ccccc3c3ccccc32)c(-n2c3ccc(C)cc3c3ccc4c5ccccc5sc4c32)c(-n2c3ccccc3c3ccccc32)c(C#N)c1-n1c2ccc(-c3ccccc3)cc2c2ccc3c4ccccc4oc3c21. The highest BCUT2D eigenvalue weighted by atomic mass is 32.1. The molecule has 0 radical (unpaired) electrons. The summed E-state index contributed by atoms with van der Waals surface area (Å²) in [5.41, 5.74) is 15.1. The number of aryl methyl sites for hydroxylation is 1. The van der Waals surface area contributed by atoms with Crippen molar-refractivity contribution in [3.05, 3.63) is 259 Å². The third-order valence-corrected chi connectivity index (χ3v) is 18.6. The number of furan rings is 1. The van der Waals surface area contributed by atoms with Gasteiger partial charge in [-0.15, -0.1) is 11.3 Å². The molecular weight excluding hydrogens is 1030 g/mol. The van der Waals surface area contributed by atoms with E-state index in [1.54, 1.807) is 11.3 Å². The number of rotatable bonds is 5. The molecule has 0 aliphatic heterocycles. The predicted molar refractivity (Wildman–Crippen MR) is 345 cm³/mol. The molecule has 8 heteroatoms. The van der Waals surface area contributed by atoms with Gasteiger partial charge in [-0.25, -0.2) is 4.85 Å². The molecule has 7 nitrogen and oxygen atoms in total. The minimum absolute atomic E-state index is 0.317. The zero-order valence-electron chi connectivity index (χ0n) is 44.5. The molecule has 18 aromatic rings. The molecule has 0 amide bonds. The summed E-state index contributed by atoms with van der Waals surface area (Å²) in [6.45, 7) is 12.2. The first-order valence-electron chi connectivity index (χ1n) is 27.8. The lowest BCUT2D eigenvalue weighted by atomic mass is 10.0. The first-order chi connectivity index (χ1) is 41.1. The molecule has 0 aliphatic carbocycles. The van der Waals surface area contributed by atoms with E-state index in [0.29, 0.717) is 39.6 Å². The van der Waals surface area contributed by atoms with E-state index in [0.717, 1.165) is 130 Å². The van der Waals surface area contributed by atoms with Gasteiger partial charge < -0.3 is 22.7 Å². The van der Waals surface area contributed by atoms with Crippen LogP contribution in [0, 0.1) is 24.8 Å². The molecule has 0 saturated carbocycles. The number of thiophene rings is 1. The summed E-state index contributed by atoms with van der Waals surface area (Å²) in [5, 5.41) is 25.4. The van der Waals surface area contributed by atoms with Crippen LogP contribution in [0.5, 0.6) is 0 Å². The third kappa shape index (κ3) is 6.09. The van der Waals surface area contributed by atoms with Gasteiger partial charge in [-0.3, -0.25) is 0 Å². The zero-order chi connectivity index (χ0) is 54.8. The van der Waals surface area contributed by atoms with Crippen molar-refractivity contribution < 1.29 is 4.42 Å². The Bertz CT molecular complexity index is 5730. The molecule has 0 aliphatic rings. The molecule has 0 atom stereocenters. The summed E-state index contributed by atoms with van der Waals surface area (Å²) in [6.07, 6.45) is 0.